The average molecular weight is 230 g/mol. The maximum absolute atomic E-state index is 10.8. The van der Waals surface area contributed by atoms with Crippen molar-refractivity contribution in [3.8, 4) is 0 Å². The quantitative estimate of drug-likeness (QED) is 0.645. The van der Waals surface area contributed by atoms with Crippen LogP contribution in [0.15, 0.2) is 48.8 Å². The van der Waals surface area contributed by atoms with E-state index < -0.39 is 4.92 Å². The second-order valence-corrected chi connectivity index (χ2v) is 3.54. The van der Waals surface area contributed by atoms with E-state index in [0.29, 0.717) is 12.2 Å². The standard InChI is InChI=1S/C12H11N3O2/c16-15(17)12-9-13-7-6-11(12)14-8-10-4-2-1-3-5-10/h1-7,9H,8H2,(H,13,14)/p+1. The van der Waals surface area contributed by atoms with E-state index in [2.05, 4.69) is 10.3 Å². The molecule has 0 atom stereocenters. The van der Waals surface area contributed by atoms with Crippen molar-refractivity contribution in [2.45, 2.75) is 6.54 Å². The van der Waals surface area contributed by atoms with Crippen LogP contribution in [0.4, 0.5) is 11.4 Å². The van der Waals surface area contributed by atoms with E-state index in [1.807, 2.05) is 30.3 Å². The second kappa shape index (κ2) is 5.07. The van der Waals surface area contributed by atoms with Crippen molar-refractivity contribution in [2.75, 3.05) is 5.32 Å². The summed E-state index contributed by atoms with van der Waals surface area (Å²) in [5, 5.41) is 13.8. The van der Waals surface area contributed by atoms with Gasteiger partial charge in [0.15, 0.2) is 6.20 Å². The number of rotatable bonds is 4. The molecule has 0 aliphatic heterocycles. The van der Waals surface area contributed by atoms with Gasteiger partial charge in [-0.05, 0) is 5.56 Å². The van der Waals surface area contributed by atoms with Crippen molar-refractivity contribution in [1.29, 1.82) is 0 Å². The van der Waals surface area contributed by atoms with Gasteiger partial charge in [0.25, 0.3) is 0 Å². The largest absolute Gasteiger partial charge is 0.375 e. The first-order valence-electron chi connectivity index (χ1n) is 5.19. The van der Waals surface area contributed by atoms with Crippen molar-refractivity contribution in [3.63, 3.8) is 0 Å². The molecule has 5 nitrogen and oxygen atoms in total. The van der Waals surface area contributed by atoms with Gasteiger partial charge in [0.05, 0.1) is 4.92 Å². The first-order chi connectivity index (χ1) is 8.27. The SMILES string of the molecule is O=[N+]([O-])c1c[nH+]ccc1NCc1ccccc1. The molecule has 5 heteroatoms. The summed E-state index contributed by atoms with van der Waals surface area (Å²) in [5.74, 6) is 0. The number of aromatic amines is 1. The normalized spacial score (nSPS) is 9.88. The van der Waals surface area contributed by atoms with E-state index in [1.54, 1.807) is 12.3 Å². The molecule has 0 aliphatic carbocycles. The van der Waals surface area contributed by atoms with Crippen LogP contribution >= 0.6 is 0 Å². The number of benzene rings is 1. The Morgan fingerprint density at radius 2 is 2.00 bits per heavy atom. The van der Waals surface area contributed by atoms with Crippen molar-refractivity contribution in [2.24, 2.45) is 0 Å². The van der Waals surface area contributed by atoms with Crippen molar-refractivity contribution >= 4 is 11.4 Å². The highest BCUT2D eigenvalue weighted by molar-refractivity contribution is 5.58. The van der Waals surface area contributed by atoms with Crippen LogP contribution in [-0.4, -0.2) is 4.92 Å². The van der Waals surface area contributed by atoms with Crippen LogP contribution in [0.2, 0.25) is 0 Å². The molecule has 0 spiro atoms. The van der Waals surface area contributed by atoms with E-state index in [9.17, 15) is 10.1 Å². The number of aromatic nitrogens is 1. The average Bonchev–Trinajstić information content (AvgIpc) is 2.38. The Kier molecular flexibility index (Phi) is 3.30. The van der Waals surface area contributed by atoms with Gasteiger partial charge in [0, 0.05) is 12.6 Å². The van der Waals surface area contributed by atoms with Crippen LogP contribution in [0.3, 0.4) is 0 Å². The summed E-state index contributed by atoms with van der Waals surface area (Å²) in [7, 11) is 0. The molecule has 0 saturated heterocycles. The van der Waals surface area contributed by atoms with E-state index in [4.69, 9.17) is 0 Å². The number of nitrogens with one attached hydrogen (secondary N) is 2. The van der Waals surface area contributed by atoms with Gasteiger partial charge >= 0.3 is 5.69 Å². The monoisotopic (exact) mass is 230 g/mol. The molecule has 0 unspecified atom stereocenters. The number of hydrogen-bond acceptors (Lipinski definition) is 3. The maximum atomic E-state index is 10.8. The molecule has 0 fully saturated rings. The predicted molar refractivity (Wildman–Crippen MR) is 63.4 cm³/mol. The van der Waals surface area contributed by atoms with Crippen LogP contribution in [0.5, 0.6) is 0 Å². The Bertz CT molecular complexity index is 514. The number of hydrogen-bond donors (Lipinski definition) is 1. The third kappa shape index (κ3) is 2.78. The maximum Gasteiger partial charge on any atom is 0.355 e. The van der Waals surface area contributed by atoms with Crippen molar-refractivity contribution in [1.82, 2.24) is 0 Å². The van der Waals surface area contributed by atoms with E-state index in [-0.39, 0.29) is 5.69 Å². The van der Waals surface area contributed by atoms with Crippen LogP contribution < -0.4 is 10.3 Å². The molecule has 0 amide bonds. The zero-order valence-corrected chi connectivity index (χ0v) is 9.09. The van der Waals surface area contributed by atoms with E-state index >= 15 is 0 Å². The minimum atomic E-state index is -0.413. The highest BCUT2D eigenvalue weighted by Gasteiger charge is 2.15. The zero-order valence-electron chi connectivity index (χ0n) is 9.09. The van der Waals surface area contributed by atoms with Gasteiger partial charge < -0.3 is 5.32 Å². The molecule has 0 aliphatic rings. The minimum absolute atomic E-state index is 0.0448. The van der Waals surface area contributed by atoms with Gasteiger partial charge in [0.1, 0.15) is 5.69 Å². The Balaban J connectivity index is 2.12. The predicted octanol–water partition coefficient (Wildman–Crippen LogP) is 2.02. The summed E-state index contributed by atoms with van der Waals surface area (Å²) in [4.78, 5) is 13.1. The molecule has 0 radical (unpaired) electrons. The Morgan fingerprint density at radius 3 is 2.71 bits per heavy atom. The van der Waals surface area contributed by atoms with Crippen LogP contribution in [0.1, 0.15) is 5.56 Å². The topological polar surface area (TPSA) is 69.3 Å². The van der Waals surface area contributed by atoms with Gasteiger partial charge in [-0.3, -0.25) is 10.1 Å². The van der Waals surface area contributed by atoms with E-state index in [1.165, 1.54) is 6.20 Å². The number of H-pyrrole nitrogens is 1. The smallest absolute Gasteiger partial charge is 0.355 e. The van der Waals surface area contributed by atoms with E-state index in [0.717, 1.165) is 5.56 Å². The lowest BCUT2D eigenvalue weighted by Crippen LogP contribution is -2.07. The lowest BCUT2D eigenvalue weighted by atomic mass is 10.2. The summed E-state index contributed by atoms with van der Waals surface area (Å²) in [6.07, 6.45) is 3.02. The fourth-order valence-electron chi connectivity index (χ4n) is 1.52. The first kappa shape index (κ1) is 11.1. The van der Waals surface area contributed by atoms with Crippen molar-refractivity contribution < 1.29 is 9.91 Å². The summed E-state index contributed by atoms with van der Waals surface area (Å²) in [5.41, 5.74) is 1.63. The van der Waals surface area contributed by atoms with Gasteiger partial charge in [-0.1, -0.05) is 30.3 Å². The Morgan fingerprint density at radius 1 is 1.24 bits per heavy atom. The summed E-state index contributed by atoms with van der Waals surface area (Å²) < 4.78 is 0. The molecule has 0 bridgehead atoms. The fourth-order valence-corrected chi connectivity index (χ4v) is 1.52. The van der Waals surface area contributed by atoms with Crippen molar-refractivity contribution in [3.05, 3.63) is 64.5 Å². The molecule has 1 aromatic carbocycles. The van der Waals surface area contributed by atoms with Gasteiger partial charge in [0.2, 0.25) is 6.20 Å². The summed E-state index contributed by atoms with van der Waals surface area (Å²) in [6.45, 7) is 0.561. The molecule has 2 rings (SSSR count). The lowest BCUT2D eigenvalue weighted by molar-refractivity contribution is -0.419. The molecule has 17 heavy (non-hydrogen) atoms. The molecule has 0 saturated carbocycles. The molecule has 2 aromatic rings. The molecule has 2 N–H and O–H groups in total. The van der Waals surface area contributed by atoms with Crippen LogP contribution in [0.25, 0.3) is 0 Å². The van der Waals surface area contributed by atoms with Crippen LogP contribution in [-0.2, 0) is 6.54 Å². The molecular formula is C12H12N3O2+. The van der Waals surface area contributed by atoms with Gasteiger partial charge in [-0.15, -0.1) is 0 Å². The summed E-state index contributed by atoms with van der Waals surface area (Å²) in [6, 6.07) is 11.4. The fraction of sp³-hybridized carbons (Fsp3) is 0.0833. The second-order valence-electron chi connectivity index (χ2n) is 3.54. The van der Waals surface area contributed by atoms with Gasteiger partial charge in [-0.25, -0.2) is 4.98 Å². The Hall–Kier alpha value is -2.43. The summed E-state index contributed by atoms with van der Waals surface area (Å²) >= 11 is 0. The highest BCUT2D eigenvalue weighted by Crippen LogP contribution is 2.21. The Labute approximate surface area is 98.3 Å². The molecule has 86 valence electrons. The van der Waals surface area contributed by atoms with Crippen LogP contribution in [0, 0.1) is 10.1 Å². The first-order valence-corrected chi connectivity index (χ1v) is 5.19. The zero-order chi connectivity index (χ0) is 12.1. The number of nitro groups is 1. The minimum Gasteiger partial charge on any atom is -0.375 e. The number of pyridine rings is 1. The lowest BCUT2D eigenvalue weighted by Gasteiger charge is -2.04. The number of nitrogens with zero attached hydrogens (tertiary/aromatic N) is 1. The highest BCUT2D eigenvalue weighted by atomic mass is 16.6. The third-order valence-electron chi connectivity index (χ3n) is 2.36. The molecule has 1 heterocycles. The molecular weight excluding hydrogens is 218 g/mol. The third-order valence-corrected chi connectivity index (χ3v) is 2.36. The van der Waals surface area contributed by atoms with Gasteiger partial charge in [-0.2, -0.15) is 0 Å². The molecule has 1 aromatic heterocycles. The number of anilines is 1.